The quantitative estimate of drug-likeness (QED) is 0.533. The summed E-state index contributed by atoms with van der Waals surface area (Å²) in [6.45, 7) is 1.68. The molecule has 0 aliphatic rings. The summed E-state index contributed by atoms with van der Waals surface area (Å²) in [4.78, 5) is 19.5. The summed E-state index contributed by atoms with van der Waals surface area (Å²) < 4.78 is 31.0. The standard InChI is InChI=1S/C13H15N5O4S.Na/c1-8-7-11(22-2)16-12(15-8)17-13(19)18-23(20,21)10-6-4-3-5-9(10)14;/h3-7H,14H2,1-2H3,(H2,15,16,17,18,19);. The van der Waals surface area contributed by atoms with E-state index in [0.29, 0.717) is 5.69 Å². The summed E-state index contributed by atoms with van der Waals surface area (Å²) in [5, 5.41) is 2.23. The molecule has 2 amide bonds. The van der Waals surface area contributed by atoms with Crippen LogP contribution >= 0.6 is 0 Å². The zero-order valence-electron chi connectivity index (χ0n) is 13.4. The first-order chi connectivity index (χ1) is 10.8. The fourth-order valence-electron chi connectivity index (χ4n) is 1.73. The van der Waals surface area contributed by atoms with Gasteiger partial charge in [-0.2, -0.15) is 4.98 Å². The number of sulfonamides is 1. The zero-order valence-corrected chi connectivity index (χ0v) is 16.2. The molecule has 2 rings (SSSR count). The molecule has 1 radical (unpaired) electrons. The molecule has 0 aliphatic heterocycles. The van der Waals surface area contributed by atoms with Crippen molar-refractivity contribution in [3.05, 3.63) is 36.0 Å². The molecule has 24 heavy (non-hydrogen) atoms. The molecule has 1 heterocycles. The van der Waals surface area contributed by atoms with E-state index in [4.69, 9.17) is 10.5 Å². The molecule has 0 bridgehead atoms. The number of amides is 2. The van der Waals surface area contributed by atoms with Crippen LogP contribution in [0.3, 0.4) is 0 Å². The number of hydrogen-bond donors (Lipinski definition) is 3. The second-order valence-electron chi connectivity index (χ2n) is 4.47. The molecule has 0 saturated heterocycles. The smallest absolute Gasteiger partial charge is 0.335 e. The number of anilines is 2. The van der Waals surface area contributed by atoms with Gasteiger partial charge in [0.25, 0.3) is 10.0 Å². The van der Waals surface area contributed by atoms with Gasteiger partial charge < -0.3 is 10.5 Å². The SMILES string of the molecule is COc1cc(C)nc(NC(=O)NS(=O)(=O)c2ccccc2N)n1.[Na]. The summed E-state index contributed by atoms with van der Waals surface area (Å²) in [7, 11) is -2.70. The van der Waals surface area contributed by atoms with Crippen LogP contribution in [0.2, 0.25) is 0 Å². The first kappa shape index (κ1) is 20.2. The van der Waals surface area contributed by atoms with Gasteiger partial charge in [-0.05, 0) is 19.1 Å². The minimum atomic E-state index is -4.11. The maximum Gasteiger partial charge on any atom is 0.335 e. The van der Waals surface area contributed by atoms with Crippen LogP contribution < -0.4 is 20.5 Å². The maximum absolute atomic E-state index is 12.1. The van der Waals surface area contributed by atoms with Crippen LogP contribution in [-0.4, -0.2) is 61.1 Å². The van der Waals surface area contributed by atoms with Crippen LogP contribution in [0.4, 0.5) is 16.4 Å². The maximum atomic E-state index is 12.1. The average Bonchev–Trinajstić information content (AvgIpc) is 2.46. The third-order valence-corrected chi connectivity index (χ3v) is 4.11. The molecule has 2 aromatic rings. The minimum Gasteiger partial charge on any atom is -0.481 e. The van der Waals surface area contributed by atoms with Crippen molar-refractivity contribution in [1.29, 1.82) is 0 Å². The molecule has 0 saturated carbocycles. The number of nitrogen functional groups attached to an aromatic ring is 1. The Kier molecular flexibility index (Phi) is 6.96. The van der Waals surface area contributed by atoms with Crippen molar-refractivity contribution < 1.29 is 17.9 Å². The Morgan fingerprint density at radius 1 is 1.25 bits per heavy atom. The second-order valence-corrected chi connectivity index (χ2v) is 6.12. The molecule has 4 N–H and O–H groups in total. The molecular weight excluding hydrogens is 345 g/mol. The van der Waals surface area contributed by atoms with Crippen LogP contribution in [-0.2, 0) is 10.0 Å². The first-order valence-electron chi connectivity index (χ1n) is 6.40. The van der Waals surface area contributed by atoms with Gasteiger partial charge in [0.15, 0.2) is 0 Å². The Hall–Kier alpha value is -1.88. The van der Waals surface area contributed by atoms with Gasteiger partial charge in [-0.3, -0.25) is 5.32 Å². The molecule has 11 heteroatoms. The molecule has 9 nitrogen and oxygen atoms in total. The monoisotopic (exact) mass is 360 g/mol. The number of nitrogens with zero attached hydrogens (tertiary/aromatic N) is 2. The van der Waals surface area contributed by atoms with E-state index >= 15 is 0 Å². The van der Waals surface area contributed by atoms with Gasteiger partial charge in [-0.15, -0.1) is 0 Å². The first-order valence-corrected chi connectivity index (χ1v) is 7.88. The molecule has 0 fully saturated rings. The van der Waals surface area contributed by atoms with E-state index in [2.05, 4.69) is 15.3 Å². The predicted molar refractivity (Wildman–Crippen MR) is 89.3 cm³/mol. The summed E-state index contributed by atoms with van der Waals surface area (Å²) >= 11 is 0. The number of methoxy groups -OCH3 is 1. The average molecular weight is 360 g/mol. The molecule has 0 atom stereocenters. The summed E-state index contributed by atoms with van der Waals surface area (Å²) in [5.74, 6) is 0.151. The van der Waals surface area contributed by atoms with Gasteiger partial charge in [0, 0.05) is 41.3 Å². The number of ether oxygens (including phenoxy) is 1. The number of benzene rings is 1. The minimum absolute atomic E-state index is 0. The summed E-state index contributed by atoms with van der Waals surface area (Å²) in [6.07, 6.45) is 0. The number of urea groups is 1. The molecule has 0 spiro atoms. The van der Waals surface area contributed by atoms with Crippen molar-refractivity contribution in [3.8, 4) is 5.88 Å². The van der Waals surface area contributed by atoms with E-state index in [1.165, 1.54) is 25.3 Å². The van der Waals surface area contributed by atoms with Crippen LogP contribution in [0.1, 0.15) is 5.69 Å². The zero-order chi connectivity index (χ0) is 17.0. The number of aromatic nitrogens is 2. The Bertz CT molecular complexity index is 844. The van der Waals surface area contributed by atoms with Crippen LogP contribution in [0.25, 0.3) is 0 Å². The van der Waals surface area contributed by atoms with Gasteiger partial charge in [-0.25, -0.2) is 22.9 Å². The number of para-hydroxylation sites is 1. The molecule has 0 unspecified atom stereocenters. The number of aryl methyl sites for hydroxylation is 1. The summed E-state index contributed by atoms with van der Waals surface area (Å²) in [5.41, 5.74) is 6.17. The van der Waals surface area contributed by atoms with E-state index in [-0.39, 0.29) is 52.0 Å². The Labute approximate surface area is 161 Å². The number of rotatable bonds is 4. The molecule has 0 aliphatic carbocycles. The topological polar surface area (TPSA) is 136 Å². The van der Waals surface area contributed by atoms with Crippen molar-refractivity contribution in [2.45, 2.75) is 11.8 Å². The van der Waals surface area contributed by atoms with Gasteiger partial charge in [-0.1, -0.05) is 12.1 Å². The number of nitrogens with one attached hydrogen (secondary N) is 2. The largest absolute Gasteiger partial charge is 0.481 e. The Balaban J connectivity index is 0.00000288. The number of nitrogens with two attached hydrogens (primary N) is 1. The fourth-order valence-corrected chi connectivity index (χ4v) is 2.77. The van der Waals surface area contributed by atoms with Crippen molar-refractivity contribution in [2.24, 2.45) is 0 Å². The van der Waals surface area contributed by atoms with E-state index in [1.54, 1.807) is 19.1 Å². The molecule has 1 aromatic carbocycles. The molecular formula is C13H15N5NaO4S. The van der Waals surface area contributed by atoms with Crippen molar-refractivity contribution in [2.75, 3.05) is 18.2 Å². The van der Waals surface area contributed by atoms with Gasteiger partial charge >= 0.3 is 6.03 Å². The number of carbonyl (C=O) groups is 1. The normalized spacial score (nSPS) is 10.4. The van der Waals surface area contributed by atoms with Crippen molar-refractivity contribution in [3.63, 3.8) is 0 Å². The molecule has 123 valence electrons. The number of carbonyl (C=O) groups excluding carboxylic acids is 1. The Morgan fingerprint density at radius 2 is 1.92 bits per heavy atom. The van der Waals surface area contributed by atoms with Gasteiger partial charge in [0.1, 0.15) is 4.90 Å². The van der Waals surface area contributed by atoms with Crippen LogP contribution in [0.15, 0.2) is 35.2 Å². The Morgan fingerprint density at radius 3 is 2.54 bits per heavy atom. The van der Waals surface area contributed by atoms with Gasteiger partial charge in [0.2, 0.25) is 11.8 Å². The van der Waals surface area contributed by atoms with E-state index in [1.807, 2.05) is 4.72 Å². The summed E-state index contributed by atoms with van der Waals surface area (Å²) in [6, 6.07) is 6.34. The molecule has 1 aromatic heterocycles. The van der Waals surface area contributed by atoms with Gasteiger partial charge in [0.05, 0.1) is 12.8 Å². The third kappa shape index (κ3) is 5.06. The van der Waals surface area contributed by atoms with Crippen LogP contribution in [0.5, 0.6) is 5.88 Å². The predicted octanol–water partition coefficient (Wildman–Crippen LogP) is 0.505. The van der Waals surface area contributed by atoms with Crippen molar-refractivity contribution >= 4 is 57.2 Å². The van der Waals surface area contributed by atoms with E-state index in [9.17, 15) is 13.2 Å². The second kappa shape index (κ2) is 8.29. The fraction of sp³-hybridized carbons (Fsp3) is 0.154. The van der Waals surface area contributed by atoms with E-state index in [0.717, 1.165) is 0 Å². The van der Waals surface area contributed by atoms with Crippen molar-refractivity contribution in [1.82, 2.24) is 14.7 Å². The van der Waals surface area contributed by atoms with Crippen LogP contribution in [0, 0.1) is 6.92 Å². The third-order valence-electron chi connectivity index (χ3n) is 2.70. The van der Waals surface area contributed by atoms with E-state index < -0.39 is 16.1 Å². The number of hydrogen-bond acceptors (Lipinski definition) is 7.